The second kappa shape index (κ2) is 7.78. The first kappa shape index (κ1) is 15.5. The molecule has 0 aliphatic rings. The molecule has 0 atom stereocenters. The molecule has 0 radical (unpaired) electrons. The van der Waals surface area contributed by atoms with Gasteiger partial charge in [0.05, 0.1) is 7.11 Å². The van der Waals surface area contributed by atoms with Crippen LogP contribution in [-0.2, 0) is 9.59 Å². The molecule has 0 unspecified atom stereocenters. The van der Waals surface area contributed by atoms with E-state index in [1.54, 1.807) is 24.3 Å². The van der Waals surface area contributed by atoms with E-state index in [0.29, 0.717) is 11.4 Å². The Kier molecular flexibility index (Phi) is 6.02. The monoisotopic (exact) mass is 280 g/mol. The lowest BCUT2D eigenvalue weighted by Gasteiger charge is -2.07. The average Bonchev–Trinajstić information content (AvgIpc) is 2.38. The largest absolute Gasteiger partial charge is 0.497 e. The molecule has 3 N–H and O–H groups in total. The molecule has 1 aromatic carbocycles. The van der Waals surface area contributed by atoms with Crippen LogP contribution in [0, 0.1) is 0 Å². The first-order valence-electron chi connectivity index (χ1n) is 5.98. The standard InChI is InChI=1S/C13H16N2O5/c1-20-10-5-2-4-9(8-10)14-13(19)15-11(16)6-3-7-12(17)18/h2,4-5,8H,3,6-7H2,1H3,(H,17,18)(H2,14,15,16,19). The van der Waals surface area contributed by atoms with E-state index in [0.717, 1.165) is 0 Å². The summed E-state index contributed by atoms with van der Waals surface area (Å²) in [6, 6.07) is 6.01. The predicted octanol–water partition coefficient (Wildman–Crippen LogP) is 1.60. The van der Waals surface area contributed by atoms with Crippen molar-refractivity contribution in [3.8, 4) is 5.75 Å². The number of carbonyl (C=O) groups excluding carboxylic acids is 2. The van der Waals surface area contributed by atoms with Gasteiger partial charge in [-0.2, -0.15) is 0 Å². The molecule has 1 rings (SSSR count). The lowest BCUT2D eigenvalue weighted by atomic mass is 10.2. The summed E-state index contributed by atoms with van der Waals surface area (Å²) < 4.78 is 5.00. The lowest BCUT2D eigenvalue weighted by Crippen LogP contribution is -2.34. The van der Waals surface area contributed by atoms with Crippen molar-refractivity contribution in [3.63, 3.8) is 0 Å². The number of urea groups is 1. The molecule has 0 bridgehead atoms. The van der Waals surface area contributed by atoms with Crippen molar-refractivity contribution in [2.45, 2.75) is 19.3 Å². The van der Waals surface area contributed by atoms with Gasteiger partial charge < -0.3 is 15.2 Å². The summed E-state index contributed by atoms with van der Waals surface area (Å²) in [5.74, 6) is -0.916. The molecule has 7 nitrogen and oxygen atoms in total. The van der Waals surface area contributed by atoms with Crippen molar-refractivity contribution in [2.75, 3.05) is 12.4 Å². The Morgan fingerprint density at radius 2 is 2.00 bits per heavy atom. The van der Waals surface area contributed by atoms with E-state index in [2.05, 4.69) is 10.6 Å². The summed E-state index contributed by atoms with van der Waals surface area (Å²) in [4.78, 5) is 33.2. The fourth-order valence-electron chi connectivity index (χ4n) is 1.45. The highest BCUT2D eigenvalue weighted by atomic mass is 16.5. The molecular formula is C13H16N2O5. The van der Waals surface area contributed by atoms with Gasteiger partial charge in [0.2, 0.25) is 5.91 Å². The summed E-state index contributed by atoms with van der Waals surface area (Å²) in [6.07, 6.45) is 0.0658. The van der Waals surface area contributed by atoms with E-state index in [9.17, 15) is 14.4 Å². The highest BCUT2D eigenvalue weighted by Gasteiger charge is 2.09. The van der Waals surface area contributed by atoms with Gasteiger partial charge in [0.15, 0.2) is 0 Å². The van der Waals surface area contributed by atoms with Crippen LogP contribution in [0.5, 0.6) is 5.75 Å². The third-order valence-corrected chi connectivity index (χ3v) is 2.38. The first-order valence-corrected chi connectivity index (χ1v) is 5.98. The molecule has 0 aliphatic carbocycles. The van der Waals surface area contributed by atoms with Gasteiger partial charge in [-0.25, -0.2) is 4.79 Å². The van der Waals surface area contributed by atoms with Crippen LogP contribution in [0.15, 0.2) is 24.3 Å². The van der Waals surface area contributed by atoms with Crippen molar-refractivity contribution in [1.29, 1.82) is 0 Å². The molecule has 1 aromatic rings. The molecular weight excluding hydrogens is 264 g/mol. The number of hydrogen-bond acceptors (Lipinski definition) is 4. The summed E-state index contributed by atoms with van der Waals surface area (Å²) >= 11 is 0. The lowest BCUT2D eigenvalue weighted by molar-refractivity contribution is -0.137. The van der Waals surface area contributed by atoms with Gasteiger partial charge in [0, 0.05) is 24.6 Å². The number of aliphatic carboxylic acids is 1. The number of carboxylic acids is 1. The SMILES string of the molecule is COc1cccc(NC(=O)NC(=O)CCCC(=O)O)c1. The zero-order valence-corrected chi connectivity index (χ0v) is 11.0. The molecule has 0 saturated carbocycles. The summed E-state index contributed by atoms with van der Waals surface area (Å²) in [7, 11) is 1.51. The molecule has 0 fully saturated rings. The van der Waals surface area contributed by atoms with Crippen LogP contribution in [0.4, 0.5) is 10.5 Å². The number of hydrogen-bond donors (Lipinski definition) is 3. The van der Waals surface area contributed by atoms with Crippen LogP contribution in [0.2, 0.25) is 0 Å². The van der Waals surface area contributed by atoms with Crippen molar-refractivity contribution in [1.82, 2.24) is 5.32 Å². The number of anilines is 1. The molecule has 7 heteroatoms. The predicted molar refractivity (Wildman–Crippen MR) is 71.6 cm³/mol. The Morgan fingerprint density at radius 3 is 2.65 bits per heavy atom. The Bertz CT molecular complexity index is 501. The van der Waals surface area contributed by atoms with E-state index in [-0.39, 0.29) is 19.3 Å². The maximum atomic E-state index is 11.5. The van der Waals surface area contributed by atoms with Crippen molar-refractivity contribution >= 4 is 23.6 Å². The number of ether oxygens (including phenoxy) is 1. The number of carbonyl (C=O) groups is 3. The molecule has 0 aromatic heterocycles. The Balaban J connectivity index is 2.38. The minimum absolute atomic E-state index is 0.0160. The summed E-state index contributed by atoms with van der Waals surface area (Å²) in [5, 5.41) is 13.0. The number of rotatable bonds is 6. The molecule has 0 saturated heterocycles. The molecule has 0 aliphatic heterocycles. The first-order chi connectivity index (χ1) is 9.51. The van der Waals surface area contributed by atoms with Crippen LogP contribution in [0.1, 0.15) is 19.3 Å². The Labute approximate surface area is 115 Å². The third kappa shape index (κ3) is 5.85. The highest BCUT2D eigenvalue weighted by molar-refractivity contribution is 6.01. The second-order valence-corrected chi connectivity index (χ2v) is 3.98. The maximum Gasteiger partial charge on any atom is 0.325 e. The van der Waals surface area contributed by atoms with Crippen molar-refractivity contribution in [2.24, 2.45) is 0 Å². The quantitative estimate of drug-likeness (QED) is 0.734. The minimum atomic E-state index is -0.973. The zero-order valence-electron chi connectivity index (χ0n) is 11.0. The summed E-state index contributed by atoms with van der Waals surface area (Å²) in [6.45, 7) is 0. The van der Waals surface area contributed by atoms with E-state index in [1.165, 1.54) is 7.11 Å². The number of nitrogens with one attached hydrogen (secondary N) is 2. The Hall–Kier alpha value is -2.57. The fraction of sp³-hybridized carbons (Fsp3) is 0.308. The van der Waals surface area contributed by atoms with E-state index >= 15 is 0 Å². The van der Waals surface area contributed by atoms with Gasteiger partial charge in [0.1, 0.15) is 5.75 Å². The second-order valence-electron chi connectivity index (χ2n) is 3.98. The molecule has 0 heterocycles. The average molecular weight is 280 g/mol. The topological polar surface area (TPSA) is 105 Å². The minimum Gasteiger partial charge on any atom is -0.497 e. The molecule has 20 heavy (non-hydrogen) atoms. The van der Waals surface area contributed by atoms with Gasteiger partial charge in [-0.15, -0.1) is 0 Å². The van der Waals surface area contributed by atoms with Gasteiger partial charge in [-0.05, 0) is 18.6 Å². The van der Waals surface area contributed by atoms with E-state index in [4.69, 9.17) is 9.84 Å². The third-order valence-electron chi connectivity index (χ3n) is 2.38. The van der Waals surface area contributed by atoms with Crippen molar-refractivity contribution < 1.29 is 24.2 Å². The van der Waals surface area contributed by atoms with Crippen LogP contribution in [0.25, 0.3) is 0 Å². The summed E-state index contributed by atoms with van der Waals surface area (Å²) in [5.41, 5.74) is 0.486. The maximum absolute atomic E-state index is 11.5. The number of amides is 3. The molecule has 0 spiro atoms. The van der Waals surface area contributed by atoms with Gasteiger partial charge in [0.25, 0.3) is 0 Å². The number of carboxylic acid groups (broad SMARTS) is 1. The fourth-order valence-corrected chi connectivity index (χ4v) is 1.45. The van der Waals surface area contributed by atoms with E-state index < -0.39 is 17.9 Å². The normalized spacial score (nSPS) is 9.65. The van der Waals surface area contributed by atoms with Crippen LogP contribution >= 0.6 is 0 Å². The van der Waals surface area contributed by atoms with Crippen LogP contribution < -0.4 is 15.4 Å². The van der Waals surface area contributed by atoms with Crippen LogP contribution in [-0.4, -0.2) is 30.1 Å². The molecule has 108 valence electrons. The molecule has 3 amide bonds. The zero-order chi connectivity index (χ0) is 15.0. The number of imide groups is 1. The van der Waals surface area contributed by atoms with E-state index in [1.807, 2.05) is 0 Å². The highest BCUT2D eigenvalue weighted by Crippen LogP contribution is 2.16. The Morgan fingerprint density at radius 1 is 1.25 bits per heavy atom. The van der Waals surface area contributed by atoms with Gasteiger partial charge in [-0.1, -0.05) is 6.07 Å². The van der Waals surface area contributed by atoms with Crippen LogP contribution in [0.3, 0.4) is 0 Å². The van der Waals surface area contributed by atoms with Gasteiger partial charge >= 0.3 is 12.0 Å². The smallest absolute Gasteiger partial charge is 0.325 e. The van der Waals surface area contributed by atoms with Crippen molar-refractivity contribution in [3.05, 3.63) is 24.3 Å². The number of benzene rings is 1. The number of methoxy groups -OCH3 is 1. The van der Waals surface area contributed by atoms with Gasteiger partial charge in [-0.3, -0.25) is 14.9 Å².